The molecule has 0 aliphatic heterocycles. The first-order chi connectivity index (χ1) is 8.24. The van der Waals surface area contributed by atoms with Crippen molar-refractivity contribution >= 4 is 5.97 Å². The Morgan fingerprint density at radius 2 is 2.18 bits per heavy atom. The van der Waals surface area contributed by atoms with Crippen LogP contribution in [0.5, 0.6) is 0 Å². The zero-order valence-electron chi connectivity index (χ0n) is 9.32. The predicted molar refractivity (Wildman–Crippen MR) is 63.1 cm³/mol. The molecule has 1 rings (SSSR count). The first-order valence-corrected chi connectivity index (χ1v) is 5.21. The summed E-state index contributed by atoms with van der Waals surface area (Å²) in [5, 5.41) is 3.25. The van der Waals surface area contributed by atoms with Crippen LogP contribution in [0.25, 0.3) is 10.4 Å². The van der Waals surface area contributed by atoms with Crippen LogP contribution < -0.4 is 5.73 Å². The van der Waals surface area contributed by atoms with E-state index in [4.69, 9.17) is 16.0 Å². The third-order valence-corrected chi connectivity index (χ3v) is 2.10. The molecule has 0 saturated carbocycles. The fourth-order valence-electron chi connectivity index (χ4n) is 1.29. The highest BCUT2D eigenvalue weighted by atomic mass is 16.5. The lowest BCUT2D eigenvalue weighted by Crippen LogP contribution is -2.34. The molecule has 0 aliphatic carbocycles. The Morgan fingerprint density at radius 3 is 2.82 bits per heavy atom. The zero-order valence-corrected chi connectivity index (χ0v) is 9.32. The van der Waals surface area contributed by atoms with Gasteiger partial charge in [0.25, 0.3) is 0 Å². The number of nitrogens with two attached hydrogens (primary N) is 1. The maximum absolute atomic E-state index is 11.4. The lowest BCUT2D eigenvalue weighted by molar-refractivity contribution is -0.144. The number of carbonyl (C=O) groups excluding carboxylic acids is 1. The van der Waals surface area contributed by atoms with Crippen molar-refractivity contribution in [3.63, 3.8) is 0 Å². The van der Waals surface area contributed by atoms with Gasteiger partial charge in [0, 0.05) is 4.91 Å². The van der Waals surface area contributed by atoms with Gasteiger partial charge in [0.1, 0.15) is 6.04 Å². The van der Waals surface area contributed by atoms with Crippen LogP contribution in [0.4, 0.5) is 0 Å². The van der Waals surface area contributed by atoms with Crippen LogP contribution in [0.1, 0.15) is 5.56 Å². The van der Waals surface area contributed by atoms with Gasteiger partial charge in [0.2, 0.25) is 0 Å². The highest BCUT2D eigenvalue weighted by Crippen LogP contribution is 2.02. The zero-order chi connectivity index (χ0) is 12.5. The Labute approximate surface area is 99.0 Å². The van der Waals surface area contributed by atoms with E-state index in [0.29, 0.717) is 6.42 Å². The van der Waals surface area contributed by atoms with Crippen molar-refractivity contribution in [2.45, 2.75) is 12.5 Å². The van der Waals surface area contributed by atoms with Gasteiger partial charge in [-0.25, -0.2) is 0 Å². The Hall–Kier alpha value is -2.04. The summed E-state index contributed by atoms with van der Waals surface area (Å²) in [6.07, 6.45) is 0.432. The summed E-state index contributed by atoms with van der Waals surface area (Å²) in [6, 6.07) is 8.76. The second-order valence-electron chi connectivity index (χ2n) is 3.42. The molecule has 0 fully saturated rings. The Kier molecular flexibility index (Phi) is 5.57. The summed E-state index contributed by atoms with van der Waals surface area (Å²) in [7, 11) is 0. The standard InChI is InChI=1S/C11H14N4O2/c12-10(8-9-4-2-1-3-5-9)11(16)17-7-6-14-15-13/h1-5,10H,6-8,12H2/t10-/m0/s1. The van der Waals surface area contributed by atoms with E-state index in [9.17, 15) is 4.79 Å². The first-order valence-electron chi connectivity index (χ1n) is 5.21. The molecule has 0 aromatic heterocycles. The summed E-state index contributed by atoms with van der Waals surface area (Å²) in [6.45, 7) is 0.186. The number of hydrogen-bond acceptors (Lipinski definition) is 4. The van der Waals surface area contributed by atoms with E-state index < -0.39 is 12.0 Å². The molecule has 90 valence electrons. The van der Waals surface area contributed by atoms with E-state index in [0.717, 1.165) is 5.56 Å². The van der Waals surface area contributed by atoms with Gasteiger partial charge in [-0.3, -0.25) is 4.79 Å². The normalized spacial score (nSPS) is 11.4. The molecule has 1 atom stereocenters. The molecule has 0 aliphatic rings. The topological polar surface area (TPSA) is 101 Å². The van der Waals surface area contributed by atoms with Gasteiger partial charge in [-0.05, 0) is 17.5 Å². The van der Waals surface area contributed by atoms with Crippen molar-refractivity contribution in [3.05, 3.63) is 46.3 Å². The van der Waals surface area contributed by atoms with Crippen molar-refractivity contribution < 1.29 is 9.53 Å². The monoisotopic (exact) mass is 234 g/mol. The van der Waals surface area contributed by atoms with Gasteiger partial charge in [-0.2, -0.15) is 0 Å². The number of nitrogens with zero attached hydrogens (tertiary/aromatic N) is 3. The fourth-order valence-corrected chi connectivity index (χ4v) is 1.29. The molecule has 0 saturated heterocycles. The maximum atomic E-state index is 11.4. The number of ether oxygens (including phenoxy) is 1. The van der Waals surface area contributed by atoms with Gasteiger partial charge in [-0.15, -0.1) is 0 Å². The molecule has 0 amide bonds. The van der Waals surface area contributed by atoms with Crippen molar-refractivity contribution in [1.29, 1.82) is 0 Å². The largest absolute Gasteiger partial charge is 0.464 e. The SMILES string of the molecule is [N-]=[N+]=NCCOC(=O)[C@@H](N)Cc1ccccc1. The minimum Gasteiger partial charge on any atom is -0.464 e. The Balaban J connectivity index is 2.34. The minimum absolute atomic E-state index is 0.0609. The Morgan fingerprint density at radius 1 is 1.47 bits per heavy atom. The van der Waals surface area contributed by atoms with Crippen molar-refractivity contribution in [2.75, 3.05) is 13.2 Å². The summed E-state index contributed by atoms with van der Waals surface area (Å²) < 4.78 is 4.85. The quantitative estimate of drug-likeness (QED) is 0.264. The summed E-state index contributed by atoms with van der Waals surface area (Å²) in [4.78, 5) is 14.0. The predicted octanol–water partition coefficient (Wildman–Crippen LogP) is 1.41. The molecule has 0 heterocycles. The third kappa shape index (κ3) is 5.01. The van der Waals surface area contributed by atoms with Gasteiger partial charge in [0.05, 0.1) is 13.2 Å². The molecule has 0 spiro atoms. The summed E-state index contributed by atoms with van der Waals surface area (Å²) >= 11 is 0. The lowest BCUT2D eigenvalue weighted by Gasteiger charge is -2.10. The highest BCUT2D eigenvalue weighted by molar-refractivity contribution is 5.75. The fraction of sp³-hybridized carbons (Fsp3) is 0.364. The molecule has 17 heavy (non-hydrogen) atoms. The molecule has 2 N–H and O–H groups in total. The van der Waals surface area contributed by atoms with E-state index >= 15 is 0 Å². The van der Waals surface area contributed by atoms with Crippen LogP contribution >= 0.6 is 0 Å². The van der Waals surface area contributed by atoms with Gasteiger partial charge in [-0.1, -0.05) is 35.4 Å². The minimum atomic E-state index is -0.691. The van der Waals surface area contributed by atoms with Gasteiger partial charge >= 0.3 is 5.97 Å². The number of carbonyl (C=O) groups is 1. The van der Waals surface area contributed by atoms with Gasteiger partial charge in [0.15, 0.2) is 0 Å². The summed E-state index contributed by atoms with van der Waals surface area (Å²) in [5.41, 5.74) is 14.7. The molecule has 1 aromatic carbocycles. The Bertz CT molecular complexity index is 401. The highest BCUT2D eigenvalue weighted by Gasteiger charge is 2.14. The number of esters is 1. The number of rotatable bonds is 6. The number of azide groups is 1. The molecule has 1 aromatic rings. The molecule has 0 radical (unpaired) electrons. The van der Waals surface area contributed by atoms with Crippen molar-refractivity contribution in [2.24, 2.45) is 10.8 Å². The lowest BCUT2D eigenvalue weighted by atomic mass is 10.1. The molecule has 6 nitrogen and oxygen atoms in total. The van der Waals surface area contributed by atoms with Crippen LogP contribution in [-0.4, -0.2) is 25.2 Å². The smallest absolute Gasteiger partial charge is 0.323 e. The van der Waals surface area contributed by atoms with E-state index in [2.05, 4.69) is 10.0 Å². The number of hydrogen-bond donors (Lipinski definition) is 1. The van der Waals surface area contributed by atoms with E-state index in [-0.39, 0.29) is 13.2 Å². The van der Waals surface area contributed by atoms with Crippen LogP contribution in [0.3, 0.4) is 0 Å². The first kappa shape index (κ1) is 13.0. The van der Waals surface area contributed by atoms with E-state index in [1.807, 2.05) is 30.3 Å². The van der Waals surface area contributed by atoms with Crippen LogP contribution in [0.15, 0.2) is 35.4 Å². The number of benzene rings is 1. The van der Waals surface area contributed by atoms with Gasteiger partial charge < -0.3 is 10.5 Å². The molecular weight excluding hydrogens is 220 g/mol. The van der Waals surface area contributed by atoms with Crippen molar-refractivity contribution in [3.8, 4) is 0 Å². The average Bonchev–Trinajstić information content (AvgIpc) is 2.35. The third-order valence-electron chi connectivity index (χ3n) is 2.10. The average molecular weight is 234 g/mol. The second kappa shape index (κ2) is 7.27. The van der Waals surface area contributed by atoms with E-state index in [1.54, 1.807) is 0 Å². The van der Waals surface area contributed by atoms with Crippen molar-refractivity contribution in [1.82, 2.24) is 0 Å². The van der Waals surface area contributed by atoms with Crippen LogP contribution in [0, 0.1) is 0 Å². The molecular formula is C11H14N4O2. The van der Waals surface area contributed by atoms with E-state index in [1.165, 1.54) is 0 Å². The maximum Gasteiger partial charge on any atom is 0.323 e. The molecule has 0 unspecified atom stereocenters. The second-order valence-corrected chi connectivity index (χ2v) is 3.42. The van der Waals surface area contributed by atoms with Crippen LogP contribution in [0.2, 0.25) is 0 Å². The summed E-state index contributed by atoms with van der Waals surface area (Å²) in [5.74, 6) is -0.484. The van der Waals surface area contributed by atoms with Crippen LogP contribution in [-0.2, 0) is 16.0 Å². The molecule has 0 bridgehead atoms. The molecule has 6 heteroatoms.